The van der Waals surface area contributed by atoms with E-state index < -0.39 is 57.8 Å². The first kappa shape index (κ1) is 77.7. The third kappa shape index (κ3) is 60.3. The molecule has 0 aromatic heterocycles. The molecule has 0 aliphatic carbocycles. The van der Waals surface area contributed by atoms with Gasteiger partial charge in [0.15, 0.2) is 6.10 Å². The van der Waals surface area contributed by atoms with E-state index in [4.69, 9.17) is 23.3 Å². The van der Waals surface area contributed by atoms with Crippen LogP contribution in [0.3, 0.4) is 0 Å². The largest absolute Gasteiger partial charge is 0.472 e. The van der Waals surface area contributed by atoms with Crippen LogP contribution in [0.15, 0.2) is 36.5 Å². The second kappa shape index (κ2) is 62.7. The lowest BCUT2D eigenvalue weighted by molar-refractivity contribution is -0.161. The first-order valence-electron chi connectivity index (χ1n) is 33.9. The average molecular weight is 1150 g/mol. The molecule has 0 fully saturated rings. The van der Waals surface area contributed by atoms with E-state index in [-0.39, 0.29) is 25.9 Å². The van der Waals surface area contributed by atoms with Gasteiger partial charge in [0, 0.05) is 19.3 Å². The lowest BCUT2D eigenvalue weighted by Gasteiger charge is -2.21. The molecule has 11 nitrogen and oxygen atoms in total. The molecule has 0 aromatic rings. The molecular weight excluding hydrogens is 1020 g/mol. The van der Waals surface area contributed by atoms with Gasteiger partial charge in [-0.15, -0.1) is 0 Å². The molecule has 0 aromatic carbocycles. The number of esters is 3. The van der Waals surface area contributed by atoms with Crippen molar-refractivity contribution in [2.24, 2.45) is 0 Å². The Bertz CT molecular complexity index is 1480. The summed E-state index contributed by atoms with van der Waals surface area (Å²) in [6.07, 6.45) is 68.0. The number of aliphatic hydroxyl groups is 1. The average Bonchev–Trinajstić information content (AvgIpc) is 3.45. The fourth-order valence-corrected chi connectivity index (χ4v) is 10.6. The molecule has 80 heavy (non-hydrogen) atoms. The van der Waals surface area contributed by atoms with Crippen LogP contribution < -0.4 is 0 Å². The minimum atomic E-state index is -4.75. The van der Waals surface area contributed by atoms with Crippen LogP contribution in [0.5, 0.6) is 0 Å². The molecule has 3 unspecified atom stereocenters. The van der Waals surface area contributed by atoms with Gasteiger partial charge in [-0.25, -0.2) is 4.57 Å². The van der Waals surface area contributed by atoms with Crippen LogP contribution in [-0.4, -0.2) is 66.5 Å². The predicted octanol–water partition coefficient (Wildman–Crippen LogP) is 20.7. The van der Waals surface area contributed by atoms with Gasteiger partial charge in [0.05, 0.1) is 19.8 Å². The Balaban J connectivity index is 4.66. The van der Waals surface area contributed by atoms with Crippen molar-refractivity contribution in [1.29, 1.82) is 0 Å². The normalized spacial score (nSPS) is 13.4. The Kier molecular flexibility index (Phi) is 60.9. The molecule has 2 N–H and O–H groups in total. The summed E-state index contributed by atoms with van der Waals surface area (Å²) >= 11 is 0. The molecule has 0 saturated heterocycles. The molecule has 0 aliphatic heterocycles. The maximum atomic E-state index is 13.0. The summed E-state index contributed by atoms with van der Waals surface area (Å²) in [5.41, 5.74) is 0. The number of hydrogen-bond acceptors (Lipinski definition) is 10. The van der Waals surface area contributed by atoms with Gasteiger partial charge in [0.25, 0.3) is 0 Å². The number of unbranched alkanes of at least 4 members (excludes halogenated alkanes) is 41. The number of allylic oxidation sites excluding steroid dienone is 6. The zero-order chi connectivity index (χ0) is 58.3. The highest BCUT2D eigenvalue weighted by molar-refractivity contribution is 7.47. The molecule has 0 rings (SSSR count). The fraction of sp³-hybridized carbons (Fsp3) is 0.868. The number of hydrogen-bond donors (Lipinski definition) is 2. The zero-order valence-corrected chi connectivity index (χ0v) is 53.2. The quantitative estimate of drug-likeness (QED) is 0.0197. The molecular formula is C68H127O11P. The summed E-state index contributed by atoms with van der Waals surface area (Å²) in [4.78, 5) is 48.8. The standard InChI is InChI=1S/C68H127O11P/c1-4-7-10-13-16-19-22-25-28-31-32-35-38-41-44-47-50-53-56-59-68(72)79-65(61-75-66(70)57-54-51-48-45-42-39-36-33-29-26-23-20-17-14-11-8-5-2)63-77-80(73,74)76-62-64(60-69)78-67(71)58-55-52-49-46-43-40-37-34-30-27-24-21-18-15-12-9-6-3/h16,19,25-26,28-29,64-65,69H,4-15,17-18,20-24,27,30-63H2,1-3H3,(H,73,74)/b19-16-,28-25-,29-26-. The predicted molar refractivity (Wildman–Crippen MR) is 335 cm³/mol. The third-order valence-corrected chi connectivity index (χ3v) is 16.0. The van der Waals surface area contributed by atoms with Crippen LogP contribution in [0.2, 0.25) is 0 Å². The van der Waals surface area contributed by atoms with Gasteiger partial charge in [-0.1, -0.05) is 282 Å². The van der Waals surface area contributed by atoms with Gasteiger partial charge in [0.2, 0.25) is 0 Å². The highest BCUT2D eigenvalue weighted by Gasteiger charge is 2.28. The summed E-state index contributed by atoms with van der Waals surface area (Å²) in [6.45, 7) is 4.69. The maximum Gasteiger partial charge on any atom is 0.472 e. The monoisotopic (exact) mass is 1150 g/mol. The molecule has 0 heterocycles. The third-order valence-electron chi connectivity index (χ3n) is 15.0. The summed E-state index contributed by atoms with van der Waals surface area (Å²) in [5.74, 6) is -1.44. The number of phosphoric acid groups is 1. The van der Waals surface area contributed by atoms with E-state index in [0.29, 0.717) is 19.3 Å². The first-order chi connectivity index (χ1) is 39.2. The van der Waals surface area contributed by atoms with E-state index in [9.17, 15) is 28.9 Å². The van der Waals surface area contributed by atoms with E-state index in [1.54, 1.807) is 0 Å². The van der Waals surface area contributed by atoms with E-state index in [1.165, 1.54) is 205 Å². The van der Waals surface area contributed by atoms with Crippen molar-refractivity contribution in [1.82, 2.24) is 0 Å². The lowest BCUT2D eigenvalue weighted by Crippen LogP contribution is -2.30. The number of carbonyl (C=O) groups is 3. The van der Waals surface area contributed by atoms with Gasteiger partial charge in [-0.2, -0.15) is 0 Å². The van der Waals surface area contributed by atoms with Crippen LogP contribution in [0.4, 0.5) is 0 Å². The molecule has 3 atom stereocenters. The van der Waals surface area contributed by atoms with Crippen molar-refractivity contribution in [3.05, 3.63) is 36.5 Å². The van der Waals surface area contributed by atoms with E-state index in [1.807, 2.05) is 0 Å². The van der Waals surface area contributed by atoms with Crippen LogP contribution in [0, 0.1) is 0 Å². The maximum absolute atomic E-state index is 13.0. The second-order valence-electron chi connectivity index (χ2n) is 23.0. The van der Waals surface area contributed by atoms with Gasteiger partial charge in [-0.05, 0) is 77.0 Å². The number of rotatable bonds is 64. The highest BCUT2D eigenvalue weighted by atomic mass is 31.2. The summed E-state index contributed by atoms with van der Waals surface area (Å²) in [5, 5.41) is 9.87. The summed E-state index contributed by atoms with van der Waals surface area (Å²) in [7, 11) is -4.75. The smallest absolute Gasteiger partial charge is 0.462 e. The van der Waals surface area contributed by atoms with Gasteiger partial charge in [0.1, 0.15) is 12.7 Å². The first-order valence-corrected chi connectivity index (χ1v) is 35.4. The van der Waals surface area contributed by atoms with Crippen LogP contribution >= 0.6 is 7.82 Å². The van der Waals surface area contributed by atoms with Crippen molar-refractivity contribution in [2.45, 2.75) is 354 Å². The second-order valence-corrected chi connectivity index (χ2v) is 24.4. The van der Waals surface area contributed by atoms with Crippen molar-refractivity contribution < 1.29 is 52.2 Å². The minimum absolute atomic E-state index is 0.166. The minimum Gasteiger partial charge on any atom is -0.462 e. The van der Waals surface area contributed by atoms with Gasteiger partial charge < -0.3 is 24.2 Å². The molecule has 12 heteroatoms. The lowest BCUT2D eigenvalue weighted by atomic mass is 10.0. The van der Waals surface area contributed by atoms with E-state index in [0.717, 1.165) is 77.0 Å². The SMILES string of the molecule is CCCCC/C=C\C/C=C\CCCCCCCCCCCC(=O)OC(COC(=O)CCCCCCCCC/C=C\CCCCCCCC)COP(=O)(O)OCC(CO)OC(=O)CCCCCCCCCCCCCCCCCCC. The Morgan fingerprint density at radius 3 is 0.963 bits per heavy atom. The molecule has 0 saturated carbocycles. The molecule has 0 spiro atoms. The molecule has 0 aliphatic rings. The molecule has 0 bridgehead atoms. The van der Waals surface area contributed by atoms with Gasteiger partial charge >= 0.3 is 25.7 Å². The number of aliphatic hydroxyl groups excluding tert-OH is 1. The Morgan fingerprint density at radius 2 is 0.613 bits per heavy atom. The number of phosphoric ester groups is 1. The number of carbonyl (C=O) groups excluding carboxylic acids is 3. The Labute approximate surface area is 492 Å². The zero-order valence-electron chi connectivity index (χ0n) is 52.3. The van der Waals surface area contributed by atoms with Crippen molar-refractivity contribution in [3.63, 3.8) is 0 Å². The Hall–Kier alpha value is -2.30. The van der Waals surface area contributed by atoms with Crippen LogP contribution in [-0.2, 0) is 42.2 Å². The Morgan fingerprint density at radius 1 is 0.350 bits per heavy atom. The van der Waals surface area contributed by atoms with Crippen molar-refractivity contribution in [3.8, 4) is 0 Å². The van der Waals surface area contributed by atoms with Crippen LogP contribution in [0.25, 0.3) is 0 Å². The number of ether oxygens (including phenoxy) is 3. The fourth-order valence-electron chi connectivity index (χ4n) is 9.86. The highest BCUT2D eigenvalue weighted by Crippen LogP contribution is 2.43. The summed E-state index contributed by atoms with van der Waals surface area (Å²) in [6, 6.07) is 0. The molecule has 0 radical (unpaired) electrons. The van der Waals surface area contributed by atoms with Crippen molar-refractivity contribution >= 4 is 25.7 Å². The van der Waals surface area contributed by atoms with E-state index >= 15 is 0 Å². The molecule has 470 valence electrons. The van der Waals surface area contributed by atoms with Gasteiger partial charge in [-0.3, -0.25) is 23.4 Å². The molecule has 0 amide bonds. The van der Waals surface area contributed by atoms with E-state index in [2.05, 4.69) is 57.2 Å². The van der Waals surface area contributed by atoms with Crippen LogP contribution in [0.1, 0.15) is 342 Å². The topological polar surface area (TPSA) is 155 Å². The summed E-state index contributed by atoms with van der Waals surface area (Å²) < 4.78 is 39.8. The van der Waals surface area contributed by atoms with Crippen molar-refractivity contribution in [2.75, 3.05) is 26.4 Å².